The van der Waals surface area contributed by atoms with Crippen molar-refractivity contribution >= 4 is 29.9 Å². The molecule has 0 aliphatic rings. The third kappa shape index (κ3) is 7.59. The van der Waals surface area contributed by atoms with Gasteiger partial charge in [-0.1, -0.05) is 12.1 Å². The Labute approximate surface area is 142 Å². The van der Waals surface area contributed by atoms with Crippen molar-refractivity contribution in [2.24, 2.45) is 4.99 Å². The lowest BCUT2D eigenvalue weighted by molar-refractivity contribution is 0.497. The van der Waals surface area contributed by atoms with Crippen LogP contribution in [0.4, 0.5) is 8.78 Å². The van der Waals surface area contributed by atoms with Gasteiger partial charge in [0.05, 0.1) is 0 Å². The average Bonchev–Trinajstić information content (AvgIpc) is 2.33. The topological polar surface area (TPSA) is 36.4 Å². The number of hydrogen-bond donors (Lipinski definition) is 2. The maximum absolute atomic E-state index is 13.5. The van der Waals surface area contributed by atoms with Crippen LogP contribution in [0.5, 0.6) is 0 Å². The van der Waals surface area contributed by atoms with E-state index >= 15 is 0 Å². The third-order valence-electron chi connectivity index (χ3n) is 2.52. The molecule has 3 nitrogen and oxygen atoms in total. The molecule has 0 unspecified atom stereocenters. The summed E-state index contributed by atoms with van der Waals surface area (Å²) in [6, 6.07) is 4.21. The third-order valence-corrected chi connectivity index (χ3v) is 2.52. The van der Waals surface area contributed by atoms with Crippen LogP contribution in [0.15, 0.2) is 23.2 Å². The molecule has 6 heteroatoms. The molecule has 1 rings (SSSR count). The van der Waals surface area contributed by atoms with Crippen molar-refractivity contribution in [2.45, 2.75) is 39.7 Å². The summed E-state index contributed by atoms with van der Waals surface area (Å²) in [6.07, 6.45) is 0.365. The largest absolute Gasteiger partial charge is 0.357 e. The van der Waals surface area contributed by atoms with Crippen molar-refractivity contribution in [2.75, 3.05) is 13.1 Å². The molecule has 21 heavy (non-hydrogen) atoms. The van der Waals surface area contributed by atoms with E-state index in [1.54, 1.807) is 6.07 Å². The Balaban J connectivity index is 0.00000400. The van der Waals surface area contributed by atoms with Crippen molar-refractivity contribution in [3.63, 3.8) is 0 Å². The van der Waals surface area contributed by atoms with Crippen LogP contribution in [-0.4, -0.2) is 24.6 Å². The summed E-state index contributed by atoms with van der Waals surface area (Å²) in [7, 11) is 0. The lowest BCUT2D eigenvalue weighted by Crippen LogP contribution is -2.47. The maximum atomic E-state index is 13.5. The molecule has 0 saturated carbocycles. The van der Waals surface area contributed by atoms with E-state index in [9.17, 15) is 8.78 Å². The van der Waals surface area contributed by atoms with Crippen molar-refractivity contribution in [1.82, 2.24) is 10.6 Å². The highest BCUT2D eigenvalue weighted by Gasteiger charge is 2.12. The quantitative estimate of drug-likeness (QED) is 0.452. The van der Waals surface area contributed by atoms with E-state index in [0.29, 0.717) is 24.5 Å². The van der Waals surface area contributed by atoms with E-state index in [0.717, 1.165) is 12.6 Å². The van der Waals surface area contributed by atoms with Gasteiger partial charge in [-0.2, -0.15) is 0 Å². The second-order valence-corrected chi connectivity index (χ2v) is 5.60. The van der Waals surface area contributed by atoms with Crippen LogP contribution in [0.1, 0.15) is 33.3 Å². The van der Waals surface area contributed by atoms with E-state index in [-0.39, 0.29) is 29.5 Å². The van der Waals surface area contributed by atoms with Gasteiger partial charge in [-0.25, -0.2) is 8.78 Å². The lowest BCUT2D eigenvalue weighted by Gasteiger charge is -2.23. The summed E-state index contributed by atoms with van der Waals surface area (Å²) in [4.78, 5) is 4.37. The van der Waals surface area contributed by atoms with Gasteiger partial charge in [0.2, 0.25) is 0 Å². The van der Waals surface area contributed by atoms with Crippen LogP contribution in [0.3, 0.4) is 0 Å². The first-order chi connectivity index (χ1) is 9.33. The molecule has 0 amide bonds. The molecule has 120 valence electrons. The summed E-state index contributed by atoms with van der Waals surface area (Å²) < 4.78 is 26.6. The second-order valence-electron chi connectivity index (χ2n) is 5.60. The zero-order chi connectivity index (χ0) is 15.2. The fourth-order valence-corrected chi connectivity index (χ4v) is 1.69. The van der Waals surface area contributed by atoms with Crippen LogP contribution in [-0.2, 0) is 6.42 Å². The Bertz CT molecular complexity index is 470. The summed E-state index contributed by atoms with van der Waals surface area (Å²) >= 11 is 0. The van der Waals surface area contributed by atoms with E-state index in [1.807, 2.05) is 27.7 Å². The summed E-state index contributed by atoms with van der Waals surface area (Å²) in [5, 5.41) is 6.36. The molecular weight excluding hydrogens is 387 g/mol. The van der Waals surface area contributed by atoms with Gasteiger partial charge in [0.25, 0.3) is 0 Å². The normalized spacial score (nSPS) is 11.8. The van der Waals surface area contributed by atoms with Crippen LogP contribution in [0.2, 0.25) is 0 Å². The monoisotopic (exact) mass is 411 g/mol. The van der Waals surface area contributed by atoms with Gasteiger partial charge in [-0.3, -0.25) is 4.99 Å². The van der Waals surface area contributed by atoms with Gasteiger partial charge in [0, 0.05) is 18.6 Å². The summed E-state index contributed by atoms with van der Waals surface area (Å²) in [5.74, 6) is -0.917. The smallest absolute Gasteiger partial charge is 0.191 e. The zero-order valence-electron chi connectivity index (χ0n) is 13.0. The first-order valence-electron chi connectivity index (χ1n) is 6.83. The van der Waals surface area contributed by atoms with Gasteiger partial charge in [-0.05, 0) is 45.7 Å². The number of hydrogen-bond acceptors (Lipinski definition) is 1. The number of nitrogens with zero attached hydrogens (tertiary/aromatic N) is 1. The van der Waals surface area contributed by atoms with Gasteiger partial charge in [0.15, 0.2) is 17.6 Å². The number of benzene rings is 1. The molecule has 0 saturated heterocycles. The minimum Gasteiger partial charge on any atom is -0.357 e. The number of rotatable bonds is 4. The number of guanidine groups is 1. The molecular formula is C15H24F2IN3. The average molecular weight is 411 g/mol. The highest BCUT2D eigenvalue weighted by molar-refractivity contribution is 14.0. The summed E-state index contributed by atoms with van der Waals surface area (Å²) in [5.41, 5.74) is 0.242. The Hall–Kier alpha value is -0.920. The highest BCUT2D eigenvalue weighted by Crippen LogP contribution is 2.11. The predicted molar refractivity (Wildman–Crippen MR) is 94.3 cm³/mol. The van der Waals surface area contributed by atoms with Crippen molar-refractivity contribution in [3.8, 4) is 0 Å². The fourth-order valence-electron chi connectivity index (χ4n) is 1.69. The van der Waals surface area contributed by atoms with Crippen molar-refractivity contribution in [3.05, 3.63) is 35.4 Å². The molecule has 0 fully saturated rings. The fraction of sp³-hybridized carbons (Fsp3) is 0.533. The molecule has 1 aromatic carbocycles. The minimum absolute atomic E-state index is 0. The van der Waals surface area contributed by atoms with Gasteiger partial charge < -0.3 is 10.6 Å². The van der Waals surface area contributed by atoms with Crippen LogP contribution in [0.25, 0.3) is 0 Å². The molecule has 0 bridgehead atoms. The molecule has 0 aromatic heterocycles. The van der Waals surface area contributed by atoms with E-state index in [4.69, 9.17) is 0 Å². The number of aliphatic imine (C=N–C) groups is 1. The Morgan fingerprint density at radius 1 is 1.24 bits per heavy atom. The first kappa shape index (κ1) is 20.1. The van der Waals surface area contributed by atoms with E-state index in [1.165, 1.54) is 6.07 Å². The Morgan fingerprint density at radius 3 is 2.48 bits per heavy atom. The molecule has 0 radical (unpaired) electrons. The predicted octanol–water partition coefficient (Wildman–Crippen LogP) is 3.48. The van der Waals surface area contributed by atoms with Gasteiger partial charge in [0.1, 0.15) is 0 Å². The number of nitrogens with one attached hydrogen (secondary N) is 2. The highest BCUT2D eigenvalue weighted by atomic mass is 127. The lowest BCUT2D eigenvalue weighted by atomic mass is 10.1. The van der Waals surface area contributed by atoms with Gasteiger partial charge >= 0.3 is 0 Å². The standard InChI is InChI=1S/C15H23F2N3.HI/c1-5-18-14(20-15(2,3)4)19-10-9-11-7-6-8-12(16)13(11)17;/h6-8H,5,9-10H2,1-4H3,(H2,18,19,20);1H. The molecule has 0 heterocycles. The zero-order valence-corrected chi connectivity index (χ0v) is 15.3. The second kappa shape index (κ2) is 9.17. The van der Waals surface area contributed by atoms with Crippen molar-refractivity contribution in [1.29, 1.82) is 0 Å². The molecule has 2 N–H and O–H groups in total. The van der Waals surface area contributed by atoms with Crippen LogP contribution < -0.4 is 10.6 Å². The van der Waals surface area contributed by atoms with Crippen LogP contribution >= 0.6 is 24.0 Å². The Kier molecular flexibility index (Phi) is 8.77. The van der Waals surface area contributed by atoms with E-state index in [2.05, 4.69) is 15.6 Å². The summed E-state index contributed by atoms with van der Waals surface area (Å²) in [6.45, 7) is 9.22. The van der Waals surface area contributed by atoms with Crippen LogP contribution in [0, 0.1) is 11.6 Å². The molecule has 0 atom stereocenters. The Morgan fingerprint density at radius 2 is 1.90 bits per heavy atom. The van der Waals surface area contributed by atoms with E-state index < -0.39 is 11.6 Å². The first-order valence-corrected chi connectivity index (χ1v) is 6.83. The maximum Gasteiger partial charge on any atom is 0.191 e. The van der Waals surface area contributed by atoms with Crippen molar-refractivity contribution < 1.29 is 8.78 Å². The number of halogens is 3. The minimum atomic E-state index is -0.814. The van der Waals surface area contributed by atoms with Gasteiger partial charge in [-0.15, -0.1) is 24.0 Å². The SMILES string of the molecule is CCNC(=NCCc1cccc(F)c1F)NC(C)(C)C.I. The molecule has 0 aliphatic carbocycles. The molecule has 0 spiro atoms. The molecule has 0 aliphatic heterocycles. The molecule has 1 aromatic rings.